The first-order chi connectivity index (χ1) is 27.3. The average molecular weight is 799 g/mol. The van der Waals surface area contributed by atoms with Crippen LogP contribution < -0.4 is 14.8 Å². The quantitative estimate of drug-likeness (QED) is 0.0420. The van der Waals surface area contributed by atoms with Gasteiger partial charge in [-0.1, -0.05) is 60.1 Å². The highest BCUT2D eigenvalue weighted by molar-refractivity contribution is 6.33. The molecule has 0 aliphatic carbocycles. The summed E-state index contributed by atoms with van der Waals surface area (Å²) in [5, 5.41) is 12.3. The fourth-order valence-electron chi connectivity index (χ4n) is 5.51. The lowest BCUT2D eigenvalue weighted by atomic mass is 10.0. The number of nitrogens with one attached hydrogen (secondary N) is 1. The van der Waals surface area contributed by atoms with Crippen molar-refractivity contribution in [1.29, 1.82) is 0 Å². The molecule has 13 heteroatoms. The van der Waals surface area contributed by atoms with Crippen LogP contribution in [0.4, 0.5) is 5.82 Å². The van der Waals surface area contributed by atoms with E-state index in [0.717, 1.165) is 54.3 Å². The molecule has 0 saturated heterocycles. The van der Waals surface area contributed by atoms with Gasteiger partial charge in [0.25, 0.3) is 0 Å². The van der Waals surface area contributed by atoms with Crippen LogP contribution in [0, 0.1) is 20.8 Å². The van der Waals surface area contributed by atoms with E-state index in [-0.39, 0.29) is 12.6 Å². The van der Waals surface area contributed by atoms with E-state index in [9.17, 15) is 4.79 Å². The molecular formula is C44H55ClN6O6. The van der Waals surface area contributed by atoms with E-state index in [0.29, 0.717) is 41.2 Å². The Morgan fingerprint density at radius 3 is 2.37 bits per heavy atom. The van der Waals surface area contributed by atoms with Gasteiger partial charge in [-0.25, -0.2) is 19.4 Å². The molecule has 2 aromatic heterocycles. The minimum atomic E-state index is -0.527. The van der Waals surface area contributed by atoms with Crippen molar-refractivity contribution in [1.82, 2.24) is 19.7 Å². The van der Waals surface area contributed by atoms with Crippen molar-refractivity contribution in [2.24, 2.45) is 12.2 Å². The second-order valence-corrected chi connectivity index (χ2v) is 14.5. The second-order valence-electron chi connectivity index (χ2n) is 14.1. The minimum Gasteiger partial charge on any atom is -0.491 e. The van der Waals surface area contributed by atoms with E-state index in [1.165, 1.54) is 23.0 Å². The zero-order valence-electron chi connectivity index (χ0n) is 34.5. The van der Waals surface area contributed by atoms with Crippen LogP contribution in [-0.2, 0) is 40.8 Å². The van der Waals surface area contributed by atoms with Crippen LogP contribution in [0.1, 0.15) is 84.2 Å². The number of hydrogen-bond acceptors (Lipinski definition) is 11. The number of rotatable bonds is 17. The number of carbonyl (C=O) groups is 1. The van der Waals surface area contributed by atoms with Gasteiger partial charge in [0.05, 0.1) is 41.9 Å². The lowest BCUT2D eigenvalue weighted by Gasteiger charge is -2.19. The fraction of sp³-hybridized carbons (Fsp3) is 0.386. The summed E-state index contributed by atoms with van der Waals surface area (Å²) < 4.78 is 24.4. The molecule has 0 spiro atoms. The smallest absolute Gasteiger partial charge is 0.338 e. The zero-order chi connectivity index (χ0) is 41.4. The molecule has 0 atom stereocenters. The van der Waals surface area contributed by atoms with Crippen molar-refractivity contribution in [3.05, 3.63) is 123 Å². The topological polar surface area (TPSA) is 131 Å². The zero-order valence-corrected chi connectivity index (χ0v) is 35.3. The number of halogens is 1. The number of carbonyl (C=O) groups excluding carboxylic acids is 1. The SMILES string of the molecule is CCOCCc1ccc(OCCNc2ncnc(CC)c2Cl)c(C)c1C.Cc1nn(C)c(Oc2ccccc2)c1/C=N/OCc1ccc(C(=O)OC(C)(C)C)cc1. The number of nitrogens with zero attached hydrogens (tertiary/aromatic N) is 5. The molecule has 57 heavy (non-hydrogen) atoms. The van der Waals surface area contributed by atoms with Crippen LogP contribution in [0.2, 0.25) is 5.02 Å². The van der Waals surface area contributed by atoms with Gasteiger partial charge in [0.2, 0.25) is 5.88 Å². The average Bonchev–Trinajstić information content (AvgIpc) is 3.45. The summed E-state index contributed by atoms with van der Waals surface area (Å²) >= 11 is 6.28. The molecule has 1 N–H and O–H groups in total. The summed E-state index contributed by atoms with van der Waals surface area (Å²) in [6.07, 6.45) is 4.83. The maximum atomic E-state index is 12.1. The van der Waals surface area contributed by atoms with Gasteiger partial charge < -0.3 is 29.1 Å². The molecule has 12 nitrogen and oxygen atoms in total. The molecule has 2 heterocycles. The Kier molecular flexibility index (Phi) is 16.9. The van der Waals surface area contributed by atoms with E-state index in [1.807, 2.05) is 97.1 Å². The third-order valence-electron chi connectivity index (χ3n) is 8.67. The Balaban J connectivity index is 0.000000257. The molecule has 5 rings (SSSR count). The van der Waals surface area contributed by atoms with E-state index in [1.54, 1.807) is 23.0 Å². The van der Waals surface area contributed by atoms with Gasteiger partial charge in [0, 0.05) is 13.7 Å². The molecule has 0 fully saturated rings. The Morgan fingerprint density at radius 2 is 1.68 bits per heavy atom. The van der Waals surface area contributed by atoms with Gasteiger partial charge in [0.15, 0.2) is 0 Å². The monoisotopic (exact) mass is 798 g/mol. The predicted molar refractivity (Wildman–Crippen MR) is 225 cm³/mol. The van der Waals surface area contributed by atoms with Crippen LogP contribution in [-0.4, -0.2) is 63.9 Å². The van der Waals surface area contributed by atoms with Gasteiger partial charge in [0.1, 0.15) is 47.5 Å². The van der Waals surface area contributed by atoms with Crippen LogP contribution in [0.5, 0.6) is 17.4 Å². The van der Waals surface area contributed by atoms with Gasteiger partial charge in [-0.3, -0.25) is 0 Å². The summed E-state index contributed by atoms with van der Waals surface area (Å²) in [7, 11) is 1.82. The molecule has 3 aromatic carbocycles. The molecule has 0 unspecified atom stereocenters. The number of aryl methyl sites for hydroxylation is 3. The molecule has 0 saturated carbocycles. The van der Waals surface area contributed by atoms with Crippen molar-refractivity contribution >= 4 is 29.6 Å². The number of anilines is 1. The number of esters is 1. The third kappa shape index (κ3) is 13.6. The number of hydrogen-bond donors (Lipinski definition) is 1. The Labute approximate surface area is 341 Å². The van der Waals surface area contributed by atoms with Gasteiger partial charge in [-0.05, 0) is 114 Å². The highest BCUT2D eigenvalue weighted by Crippen LogP contribution is 2.27. The molecule has 304 valence electrons. The number of benzene rings is 3. The number of para-hydroxylation sites is 1. The number of aromatic nitrogens is 4. The summed E-state index contributed by atoms with van der Waals surface area (Å²) in [4.78, 5) is 25.9. The molecular weight excluding hydrogens is 744 g/mol. The van der Waals surface area contributed by atoms with Crippen LogP contribution in [0.25, 0.3) is 0 Å². The standard InChI is InChI=1S/C24H27N3O4.C20H28ClN3O2/c1-17-21(22(27(5)26-17)30-20-9-7-6-8-10-20)15-25-29-16-18-11-13-19(14-12-18)23(28)31-24(2,3)4;1-5-17-19(21)20(24-13-23-17)22-10-12-26-18-8-7-16(9-11-25-6-2)14(3)15(18)4/h6-15H,16H2,1-5H3;7-8,13H,5-6,9-12H2,1-4H3,(H,22,23,24)/b25-15+;. The molecule has 0 amide bonds. The highest BCUT2D eigenvalue weighted by atomic mass is 35.5. The summed E-state index contributed by atoms with van der Waals surface area (Å²) in [6, 6.07) is 20.7. The predicted octanol–water partition coefficient (Wildman–Crippen LogP) is 9.41. The minimum absolute atomic E-state index is 0.263. The normalized spacial score (nSPS) is 11.2. The van der Waals surface area contributed by atoms with Crippen molar-refractivity contribution in [3.63, 3.8) is 0 Å². The summed E-state index contributed by atoms with van der Waals surface area (Å²) in [5.74, 6) is 2.51. The lowest BCUT2D eigenvalue weighted by Crippen LogP contribution is -2.23. The van der Waals surface area contributed by atoms with E-state index in [4.69, 9.17) is 35.4 Å². The van der Waals surface area contributed by atoms with Crippen LogP contribution >= 0.6 is 11.6 Å². The Hall–Kier alpha value is -5.46. The maximum Gasteiger partial charge on any atom is 0.338 e. The molecule has 0 aliphatic heterocycles. The number of ether oxygens (including phenoxy) is 4. The second kappa shape index (κ2) is 21.7. The Bertz CT molecular complexity index is 2060. The van der Waals surface area contributed by atoms with Crippen molar-refractivity contribution < 1.29 is 28.6 Å². The van der Waals surface area contributed by atoms with Crippen LogP contribution in [0.3, 0.4) is 0 Å². The maximum absolute atomic E-state index is 12.1. The van der Waals surface area contributed by atoms with Crippen LogP contribution in [0.15, 0.2) is 78.2 Å². The Morgan fingerprint density at radius 1 is 0.947 bits per heavy atom. The largest absolute Gasteiger partial charge is 0.491 e. The molecule has 0 aliphatic rings. The first-order valence-electron chi connectivity index (χ1n) is 19.1. The van der Waals surface area contributed by atoms with E-state index < -0.39 is 5.60 Å². The summed E-state index contributed by atoms with van der Waals surface area (Å²) in [5.41, 5.74) is 6.97. The third-order valence-corrected chi connectivity index (χ3v) is 9.06. The first-order valence-corrected chi connectivity index (χ1v) is 19.5. The number of oxime groups is 1. The van der Waals surface area contributed by atoms with E-state index in [2.05, 4.69) is 45.5 Å². The molecule has 0 radical (unpaired) electrons. The lowest BCUT2D eigenvalue weighted by molar-refractivity contribution is 0.00693. The van der Waals surface area contributed by atoms with E-state index >= 15 is 0 Å². The molecule has 5 aromatic rings. The van der Waals surface area contributed by atoms with Crippen molar-refractivity contribution in [2.45, 2.75) is 80.4 Å². The van der Waals surface area contributed by atoms with Crippen molar-refractivity contribution in [2.75, 3.05) is 31.7 Å². The van der Waals surface area contributed by atoms with Gasteiger partial charge >= 0.3 is 5.97 Å². The molecule has 0 bridgehead atoms. The summed E-state index contributed by atoms with van der Waals surface area (Å²) in [6.45, 7) is 18.6. The van der Waals surface area contributed by atoms with Gasteiger partial charge in [-0.15, -0.1) is 0 Å². The van der Waals surface area contributed by atoms with Gasteiger partial charge in [-0.2, -0.15) is 5.10 Å². The van der Waals surface area contributed by atoms with Crippen molar-refractivity contribution in [3.8, 4) is 17.4 Å². The first kappa shape index (κ1) is 44.3. The highest BCUT2D eigenvalue weighted by Gasteiger charge is 2.18. The fourth-order valence-corrected chi connectivity index (χ4v) is 5.81.